The Kier molecular flexibility index (Phi) is 3.38. The molecule has 0 aliphatic rings. The van der Waals surface area contributed by atoms with Crippen molar-refractivity contribution in [1.82, 2.24) is 0 Å². The van der Waals surface area contributed by atoms with Crippen molar-refractivity contribution in [3.05, 3.63) is 17.7 Å². The molecule has 0 aromatic heterocycles. The number of ether oxygens (including phenoxy) is 2. The molecule has 0 aliphatic heterocycles. The van der Waals surface area contributed by atoms with E-state index in [1.165, 1.54) is 20.3 Å². The summed E-state index contributed by atoms with van der Waals surface area (Å²) in [6.07, 6.45) is 0. The number of hydrogen-bond acceptors (Lipinski definition) is 4. The highest BCUT2D eigenvalue weighted by Crippen LogP contribution is 2.37. The molecule has 15 heavy (non-hydrogen) atoms. The van der Waals surface area contributed by atoms with E-state index in [9.17, 15) is 4.79 Å². The maximum Gasteiger partial charge on any atom is 0.337 e. The topological polar surface area (TPSA) is 67.8 Å². The van der Waals surface area contributed by atoms with Crippen molar-refractivity contribution in [3.63, 3.8) is 0 Å². The molecule has 1 rings (SSSR count). The van der Waals surface area contributed by atoms with Crippen molar-refractivity contribution >= 4 is 11.7 Å². The van der Waals surface area contributed by atoms with E-state index in [1.807, 2.05) is 0 Å². The van der Waals surface area contributed by atoms with E-state index >= 15 is 0 Å². The molecule has 0 aliphatic carbocycles. The summed E-state index contributed by atoms with van der Waals surface area (Å²) in [7, 11) is 4.59. The van der Waals surface area contributed by atoms with E-state index in [2.05, 4.69) is 5.32 Å². The number of anilines is 1. The minimum absolute atomic E-state index is 0.148. The summed E-state index contributed by atoms with van der Waals surface area (Å²) in [5.74, 6) is -0.132. The smallest absolute Gasteiger partial charge is 0.337 e. The molecular weight excluding hydrogens is 198 g/mol. The normalized spacial score (nSPS) is 9.53. The third kappa shape index (κ3) is 1.96. The number of carbonyl (C=O) groups is 1. The Balaban J connectivity index is 3.40. The fraction of sp³-hybridized carbons (Fsp3) is 0.300. The first-order chi connectivity index (χ1) is 7.15. The first-order valence-corrected chi connectivity index (χ1v) is 4.31. The molecule has 2 N–H and O–H groups in total. The Morgan fingerprint density at radius 3 is 2.40 bits per heavy atom. The minimum Gasteiger partial charge on any atom is -0.493 e. The van der Waals surface area contributed by atoms with Gasteiger partial charge in [-0.2, -0.15) is 0 Å². The molecule has 0 saturated heterocycles. The fourth-order valence-electron chi connectivity index (χ4n) is 1.35. The Bertz CT molecular complexity index is 376. The fourth-order valence-corrected chi connectivity index (χ4v) is 1.35. The maximum absolute atomic E-state index is 10.9. The number of hydrogen-bond donors (Lipinski definition) is 2. The van der Waals surface area contributed by atoms with Gasteiger partial charge in [0.2, 0.25) is 0 Å². The lowest BCUT2D eigenvalue weighted by Gasteiger charge is -2.14. The molecule has 5 nitrogen and oxygen atoms in total. The number of carboxylic acid groups (broad SMARTS) is 1. The van der Waals surface area contributed by atoms with Gasteiger partial charge in [0.25, 0.3) is 0 Å². The molecule has 0 spiro atoms. The van der Waals surface area contributed by atoms with Gasteiger partial charge in [0, 0.05) is 7.05 Å². The third-order valence-electron chi connectivity index (χ3n) is 2.03. The molecule has 0 bridgehead atoms. The number of benzene rings is 1. The van der Waals surface area contributed by atoms with Crippen LogP contribution in [0.2, 0.25) is 0 Å². The van der Waals surface area contributed by atoms with Gasteiger partial charge < -0.3 is 19.9 Å². The summed E-state index contributed by atoms with van der Waals surface area (Å²) < 4.78 is 10.2. The Hall–Kier alpha value is -1.91. The standard InChI is InChI=1S/C10H13NO4/c1-11-8-6(10(12)13)4-5-7(14-2)9(8)15-3/h4-5,11H,1-3H3,(H,12,13). The largest absolute Gasteiger partial charge is 0.493 e. The quantitative estimate of drug-likeness (QED) is 0.788. The second kappa shape index (κ2) is 4.54. The molecule has 0 radical (unpaired) electrons. The van der Waals surface area contributed by atoms with Gasteiger partial charge in [-0.25, -0.2) is 4.79 Å². The zero-order chi connectivity index (χ0) is 11.4. The number of methoxy groups -OCH3 is 2. The zero-order valence-corrected chi connectivity index (χ0v) is 8.83. The van der Waals surface area contributed by atoms with Gasteiger partial charge >= 0.3 is 5.97 Å². The van der Waals surface area contributed by atoms with Crippen LogP contribution in [0, 0.1) is 0 Å². The summed E-state index contributed by atoms with van der Waals surface area (Å²) in [4.78, 5) is 10.9. The predicted molar refractivity (Wildman–Crippen MR) is 56.1 cm³/mol. The van der Waals surface area contributed by atoms with Crippen molar-refractivity contribution in [2.75, 3.05) is 26.6 Å². The molecular formula is C10H13NO4. The van der Waals surface area contributed by atoms with Crippen molar-refractivity contribution in [3.8, 4) is 11.5 Å². The van der Waals surface area contributed by atoms with Crippen LogP contribution in [0.4, 0.5) is 5.69 Å². The third-order valence-corrected chi connectivity index (χ3v) is 2.03. The van der Waals surface area contributed by atoms with E-state index in [0.29, 0.717) is 17.2 Å². The van der Waals surface area contributed by atoms with Gasteiger partial charge in [-0.1, -0.05) is 0 Å². The summed E-state index contributed by atoms with van der Waals surface area (Å²) in [6, 6.07) is 3.03. The minimum atomic E-state index is -1.01. The van der Waals surface area contributed by atoms with Crippen LogP contribution in [0.1, 0.15) is 10.4 Å². The summed E-state index contributed by atoms with van der Waals surface area (Å²) >= 11 is 0. The van der Waals surface area contributed by atoms with Gasteiger partial charge in [-0.05, 0) is 12.1 Å². The van der Waals surface area contributed by atoms with E-state index in [0.717, 1.165) is 0 Å². The zero-order valence-electron chi connectivity index (χ0n) is 8.83. The monoisotopic (exact) mass is 211 g/mol. The Morgan fingerprint density at radius 1 is 1.33 bits per heavy atom. The van der Waals surface area contributed by atoms with Gasteiger partial charge in [-0.3, -0.25) is 0 Å². The van der Waals surface area contributed by atoms with Crippen LogP contribution in [-0.4, -0.2) is 32.3 Å². The van der Waals surface area contributed by atoms with Crippen molar-refractivity contribution in [2.24, 2.45) is 0 Å². The molecule has 1 aromatic rings. The Morgan fingerprint density at radius 2 is 2.00 bits per heavy atom. The highest BCUT2D eigenvalue weighted by Gasteiger charge is 2.17. The number of rotatable bonds is 4. The highest BCUT2D eigenvalue weighted by molar-refractivity contribution is 5.96. The molecule has 5 heteroatoms. The van der Waals surface area contributed by atoms with Crippen LogP contribution in [0.5, 0.6) is 11.5 Å². The SMILES string of the molecule is CNc1c(C(=O)O)ccc(OC)c1OC. The molecule has 0 amide bonds. The average Bonchev–Trinajstić information content (AvgIpc) is 2.26. The van der Waals surface area contributed by atoms with Crippen LogP contribution < -0.4 is 14.8 Å². The van der Waals surface area contributed by atoms with Crippen LogP contribution >= 0.6 is 0 Å². The summed E-state index contributed by atoms with van der Waals surface area (Å²) in [5.41, 5.74) is 0.555. The second-order valence-corrected chi connectivity index (χ2v) is 2.78. The molecule has 1 aromatic carbocycles. The molecule has 0 unspecified atom stereocenters. The Labute approximate surface area is 87.6 Å². The van der Waals surface area contributed by atoms with Gasteiger partial charge in [-0.15, -0.1) is 0 Å². The molecule has 0 saturated carbocycles. The summed E-state index contributed by atoms with van der Waals surface area (Å²) in [5, 5.41) is 11.7. The van der Waals surface area contributed by atoms with Gasteiger partial charge in [0.15, 0.2) is 11.5 Å². The molecule has 0 heterocycles. The van der Waals surface area contributed by atoms with Crippen molar-refractivity contribution < 1.29 is 19.4 Å². The van der Waals surface area contributed by atoms with Crippen LogP contribution in [0.3, 0.4) is 0 Å². The average molecular weight is 211 g/mol. The number of carboxylic acids is 1. The lowest BCUT2D eigenvalue weighted by Crippen LogP contribution is -2.05. The van der Waals surface area contributed by atoms with Crippen LogP contribution in [0.25, 0.3) is 0 Å². The predicted octanol–water partition coefficient (Wildman–Crippen LogP) is 1.44. The number of aromatic carboxylic acids is 1. The van der Waals surface area contributed by atoms with E-state index in [1.54, 1.807) is 13.1 Å². The molecule has 0 fully saturated rings. The molecule has 82 valence electrons. The molecule has 0 atom stereocenters. The van der Waals surface area contributed by atoms with E-state index < -0.39 is 5.97 Å². The first-order valence-electron chi connectivity index (χ1n) is 4.31. The maximum atomic E-state index is 10.9. The van der Waals surface area contributed by atoms with Crippen LogP contribution in [-0.2, 0) is 0 Å². The summed E-state index contributed by atoms with van der Waals surface area (Å²) in [6.45, 7) is 0. The second-order valence-electron chi connectivity index (χ2n) is 2.78. The van der Waals surface area contributed by atoms with E-state index in [-0.39, 0.29) is 5.56 Å². The van der Waals surface area contributed by atoms with Gasteiger partial charge in [0.1, 0.15) is 0 Å². The number of nitrogens with one attached hydrogen (secondary N) is 1. The van der Waals surface area contributed by atoms with Crippen LogP contribution in [0.15, 0.2) is 12.1 Å². The first kappa shape index (κ1) is 11.2. The lowest BCUT2D eigenvalue weighted by molar-refractivity contribution is 0.0697. The lowest BCUT2D eigenvalue weighted by atomic mass is 10.1. The van der Waals surface area contributed by atoms with Crippen molar-refractivity contribution in [2.45, 2.75) is 0 Å². The van der Waals surface area contributed by atoms with E-state index in [4.69, 9.17) is 14.6 Å². The highest BCUT2D eigenvalue weighted by atomic mass is 16.5. The van der Waals surface area contributed by atoms with Crippen molar-refractivity contribution in [1.29, 1.82) is 0 Å². The van der Waals surface area contributed by atoms with Gasteiger partial charge in [0.05, 0.1) is 25.5 Å².